The maximum atomic E-state index is 12.8. The van der Waals surface area contributed by atoms with Crippen LogP contribution in [0, 0.1) is 6.92 Å². The second-order valence-electron chi connectivity index (χ2n) is 6.66. The lowest BCUT2D eigenvalue weighted by Gasteiger charge is -2.28. The molecule has 0 aliphatic carbocycles. The van der Waals surface area contributed by atoms with E-state index in [9.17, 15) is 9.59 Å². The van der Waals surface area contributed by atoms with Gasteiger partial charge in [0.1, 0.15) is 12.7 Å². The van der Waals surface area contributed by atoms with Gasteiger partial charge in [0.05, 0.1) is 12.1 Å². The van der Waals surface area contributed by atoms with Crippen molar-refractivity contribution < 1.29 is 9.59 Å². The monoisotopic (exact) mass is 377 g/mol. The highest BCUT2D eigenvalue weighted by Gasteiger charge is 2.26. The number of primary amides is 1. The van der Waals surface area contributed by atoms with Gasteiger partial charge < -0.3 is 11.1 Å². The second kappa shape index (κ2) is 8.47. The maximum Gasteiger partial charge on any atom is 0.251 e. The van der Waals surface area contributed by atoms with Crippen LogP contribution in [0.4, 0.5) is 0 Å². The van der Waals surface area contributed by atoms with Crippen LogP contribution in [0.3, 0.4) is 0 Å². The Morgan fingerprint density at radius 1 is 1.07 bits per heavy atom. The largest absolute Gasteiger partial charge is 0.366 e. The van der Waals surface area contributed by atoms with Gasteiger partial charge in [-0.3, -0.25) is 9.59 Å². The minimum absolute atomic E-state index is 0.193. The summed E-state index contributed by atoms with van der Waals surface area (Å²) < 4.78 is 1.76. The fourth-order valence-electron chi connectivity index (χ4n) is 3.14. The number of hydrogen-bond acceptors (Lipinski definition) is 4. The number of aromatic nitrogens is 3. The highest BCUT2D eigenvalue weighted by Crippen LogP contribution is 2.24. The van der Waals surface area contributed by atoms with Crippen molar-refractivity contribution in [3.05, 3.63) is 83.4 Å². The zero-order chi connectivity index (χ0) is 20.1. The van der Waals surface area contributed by atoms with Crippen LogP contribution in [-0.4, -0.2) is 32.6 Å². The van der Waals surface area contributed by atoms with E-state index in [1.807, 2.05) is 38.1 Å². The van der Waals surface area contributed by atoms with Gasteiger partial charge in [0.25, 0.3) is 5.91 Å². The van der Waals surface area contributed by atoms with Crippen LogP contribution < -0.4 is 11.1 Å². The van der Waals surface area contributed by atoms with Crippen LogP contribution in [0.1, 0.15) is 51.2 Å². The number of nitrogens with zero attached hydrogens (tertiary/aromatic N) is 3. The lowest BCUT2D eigenvalue weighted by molar-refractivity contribution is 0.0923. The molecule has 144 valence electrons. The predicted octanol–water partition coefficient (Wildman–Crippen LogP) is 2.48. The van der Waals surface area contributed by atoms with Crippen LogP contribution in [0.2, 0.25) is 0 Å². The standard InChI is InChI=1S/C21H23N5O2/c1-3-18(25-21(28)17-10-8-16(9-11-17)20(22)27)19(26-13-23-12-24-26)15-6-4-14(2)5-7-15/h4-13,18-19H,3H2,1-2H3,(H2,22,27)(H,25,28). The molecule has 0 spiro atoms. The van der Waals surface area contributed by atoms with E-state index in [0.717, 1.165) is 11.1 Å². The zero-order valence-electron chi connectivity index (χ0n) is 15.9. The van der Waals surface area contributed by atoms with Gasteiger partial charge in [-0.25, -0.2) is 9.67 Å². The van der Waals surface area contributed by atoms with E-state index in [4.69, 9.17) is 5.73 Å². The molecule has 2 unspecified atom stereocenters. The molecule has 1 aromatic heterocycles. The topological polar surface area (TPSA) is 103 Å². The quantitative estimate of drug-likeness (QED) is 0.660. The average molecular weight is 377 g/mol. The molecule has 0 radical (unpaired) electrons. The number of aryl methyl sites for hydroxylation is 1. The van der Waals surface area contributed by atoms with Crippen molar-refractivity contribution in [3.8, 4) is 0 Å². The summed E-state index contributed by atoms with van der Waals surface area (Å²) in [6.45, 7) is 4.04. The van der Waals surface area contributed by atoms with E-state index >= 15 is 0 Å². The number of benzene rings is 2. The van der Waals surface area contributed by atoms with Crippen LogP contribution >= 0.6 is 0 Å². The smallest absolute Gasteiger partial charge is 0.251 e. The zero-order valence-corrected chi connectivity index (χ0v) is 15.9. The van der Waals surface area contributed by atoms with Gasteiger partial charge in [0, 0.05) is 11.1 Å². The first kappa shape index (κ1) is 19.3. The summed E-state index contributed by atoms with van der Waals surface area (Å²) in [4.78, 5) is 28.1. The molecule has 1 heterocycles. The third-order valence-electron chi connectivity index (χ3n) is 4.71. The van der Waals surface area contributed by atoms with Gasteiger partial charge in [-0.15, -0.1) is 0 Å². The molecule has 28 heavy (non-hydrogen) atoms. The number of rotatable bonds is 7. The molecule has 0 bridgehead atoms. The van der Waals surface area contributed by atoms with E-state index < -0.39 is 5.91 Å². The maximum absolute atomic E-state index is 12.8. The Balaban J connectivity index is 1.86. The molecular formula is C21H23N5O2. The lowest BCUT2D eigenvalue weighted by Crippen LogP contribution is -2.41. The molecule has 0 aliphatic heterocycles. The SMILES string of the molecule is CCC(NC(=O)c1ccc(C(N)=O)cc1)C(c1ccc(C)cc1)n1cncn1. The molecule has 7 nitrogen and oxygen atoms in total. The van der Waals surface area contributed by atoms with E-state index in [-0.39, 0.29) is 18.0 Å². The number of nitrogens with two attached hydrogens (primary N) is 1. The molecule has 2 amide bonds. The van der Waals surface area contributed by atoms with Crippen molar-refractivity contribution in [2.24, 2.45) is 5.73 Å². The predicted molar refractivity (Wildman–Crippen MR) is 106 cm³/mol. The van der Waals surface area contributed by atoms with Gasteiger partial charge in [-0.2, -0.15) is 5.10 Å². The summed E-state index contributed by atoms with van der Waals surface area (Å²) in [5, 5.41) is 7.39. The molecule has 3 rings (SSSR count). The van der Waals surface area contributed by atoms with Crippen LogP contribution in [0.5, 0.6) is 0 Å². The summed E-state index contributed by atoms with van der Waals surface area (Å²) in [6.07, 6.45) is 3.84. The van der Waals surface area contributed by atoms with Crippen molar-refractivity contribution in [3.63, 3.8) is 0 Å². The Morgan fingerprint density at radius 2 is 1.71 bits per heavy atom. The van der Waals surface area contributed by atoms with Crippen molar-refractivity contribution in [2.45, 2.75) is 32.4 Å². The van der Waals surface area contributed by atoms with E-state index in [1.54, 1.807) is 35.3 Å². The number of hydrogen-bond donors (Lipinski definition) is 2. The molecule has 7 heteroatoms. The average Bonchev–Trinajstić information content (AvgIpc) is 3.23. The first-order valence-electron chi connectivity index (χ1n) is 9.11. The van der Waals surface area contributed by atoms with Crippen molar-refractivity contribution in [2.75, 3.05) is 0 Å². The molecule has 3 aromatic rings. The molecular weight excluding hydrogens is 354 g/mol. The molecule has 0 fully saturated rings. The Morgan fingerprint density at radius 3 is 2.25 bits per heavy atom. The summed E-state index contributed by atoms with van der Waals surface area (Å²) in [5.74, 6) is -0.746. The van der Waals surface area contributed by atoms with Crippen LogP contribution in [-0.2, 0) is 0 Å². The lowest BCUT2D eigenvalue weighted by atomic mass is 9.96. The first-order chi connectivity index (χ1) is 13.5. The van der Waals surface area contributed by atoms with Gasteiger partial charge in [-0.1, -0.05) is 36.8 Å². The molecule has 0 saturated heterocycles. The van der Waals surface area contributed by atoms with Crippen LogP contribution in [0.15, 0.2) is 61.2 Å². The number of amides is 2. The van der Waals surface area contributed by atoms with Crippen molar-refractivity contribution in [1.29, 1.82) is 0 Å². The third-order valence-corrected chi connectivity index (χ3v) is 4.71. The van der Waals surface area contributed by atoms with Gasteiger partial charge in [0.2, 0.25) is 5.91 Å². The molecule has 0 saturated carbocycles. The fraction of sp³-hybridized carbons (Fsp3) is 0.238. The van der Waals surface area contributed by atoms with Crippen molar-refractivity contribution in [1.82, 2.24) is 20.1 Å². The highest BCUT2D eigenvalue weighted by atomic mass is 16.2. The summed E-state index contributed by atoms with van der Waals surface area (Å²) in [6, 6.07) is 14.1. The minimum Gasteiger partial charge on any atom is -0.366 e. The van der Waals surface area contributed by atoms with E-state index in [1.165, 1.54) is 6.33 Å². The second-order valence-corrected chi connectivity index (χ2v) is 6.66. The summed E-state index contributed by atoms with van der Waals surface area (Å²) in [7, 11) is 0. The number of carbonyl (C=O) groups excluding carboxylic acids is 2. The summed E-state index contributed by atoms with van der Waals surface area (Å²) in [5.41, 5.74) is 8.28. The van der Waals surface area contributed by atoms with Gasteiger partial charge in [0.15, 0.2) is 0 Å². The minimum atomic E-state index is -0.524. The molecule has 2 atom stereocenters. The summed E-state index contributed by atoms with van der Waals surface area (Å²) >= 11 is 0. The highest BCUT2D eigenvalue weighted by molar-refractivity contribution is 5.97. The van der Waals surface area contributed by atoms with Crippen LogP contribution in [0.25, 0.3) is 0 Å². The van der Waals surface area contributed by atoms with E-state index in [0.29, 0.717) is 17.5 Å². The van der Waals surface area contributed by atoms with E-state index in [2.05, 4.69) is 15.4 Å². The fourth-order valence-corrected chi connectivity index (χ4v) is 3.14. The Labute approximate surface area is 163 Å². The Kier molecular flexibility index (Phi) is 5.84. The normalized spacial score (nSPS) is 12.9. The first-order valence-corrected chi connectivity index (χ1v) is 9.11. The van der Waals surface area contributed by atoms with Gasteiger partial charge >= 0.3 is 0 Å². The van der Waals surface area contributed by atoms with Crippen molar-refractivity contribution >= 4 is 11.8 Å². The van der Waals surface area contributed by atoms with Gasteiger partial charge in [-0.05, 0) is 43.2 Å². The number of carbonyl (C=O) groups is 2. The Hall–Kier alpha value is -3.48. The third kappa shape index (κ3) is 4.25. The molecule has 3 N–H and O–H groups in total. The molecule has 0 aliphatic rings. The Bertz CT molecular complexity index is 934. The number of nitrogens with one attached hydrogen (secondary N) is 1. The molecule has 2 aromatic carbocycles.